The number of hydrogen-bond donors (Lipinski definition) is 1. The Bertz CT molecular complexity index is 2210. The summed E-state index contributed by atoms with van der Waals surface area (Å²) in [5.74, 6) is -1.15. The fraction of sp³-hybridized carbons (Fsp3) is 0.367. The number of methoxy groups -OCH3 is 2. The molecule has 0 saturated carbocycles. The van der Waals surface area contributed by atoms with E-state index in [0.717, 1.165) is 32.7 Å². The van der Waals surface area contributed by atoms with Gasteiger partial charge in [-0.05, 0) is 48.1 Å². The van der Waals surface area contributed by atoms with Crippen LogP contribution in [-0.4, -0.2) is 105 Å². The maximum Gasteiger partial charge on any atom is 0.417 e. The second-order valence-corrected chi connectivity index (χ2v) is 15.3. The summed E-state index contributed by atoms with van der Waals surface area (Å²) in [7, 11) is 2.76. The topological polar surface area (TPSA) is 152 Å². The summed E-state index contributed by atoms with van der Waals surface area (Å²) < 4.78 is 48.6. The van der Waals surface area contributed by atoms with Gasteiger partial charge in [0.15, 0.2) is 12.1 Å². The molecule has 0 bridgehead atoms. The number of furan rings is 1. The Morgan fingerprint density at radius 2 is 1.44 bits per heavy atom. The van der Waals surface area contributed by atoms with Crippen molar-refractivity contribution in [2.24, 2.45) is 0 Å². The van der Waals surface area contributed by atoms with E-state index in [1.54, 1.807) is 6.07 Å². The maximum absolute atomic E-state index is 14.1. The van der Waals surface area contributed by atoms with Crippen LogP contribution in [0.3, 0.4) is 0 Å². The summed E-state index contributed by atoms with van der Waals surface area (Å²) in [6, 6.07) is 37.7. The highest BCUT2D eigenvalue weighted by atomic mass is 16.7. The van der Waals surface area contributed by atoms with Crippen LogP contribution in [0.2, 0.25) is 0 Å². The van der Waals surface area contributed by atoms with E-state index in [4.69, 9.17) is 37.6 Å². The maximum atomic E-state index is 14.1. The van der Waals surface area contributed by atoms with Crippen molar-refractivity contribution in [1.82, 2.24) is 4.90 Å². The monoisotopic (exact) mass is 847 g/mol. The molecular weight excluding hydrogens is 795 g/mol. The van der Waals surface area contributed by atoms with Gasteiger partial charge in [0.1, 0.15) is 36.8 Å². The molecule has 326 valence electrons. The molecule has 7 rings (SSSR count). The number of cyclic esters (lactones) is 1. The Morgan fingerprint density at radius 1 is 0.790 bits per heavy atom. The first kappa shape index (κ1) is 44.5. The molecule has 7 atom stereocenters. The zero-order valence-corrected chi connectivity index (χ0v) is 35.1. The highest BCUT2D eigenvalue weighted by molar-refractivity contribution is 6.14. The Morgan fingerprint density at radius 3 is 2.05 bits per heavy atom. The number of rotatable bonds is 20. The van der Waals surface area contributed by atoms with Gasteiger partial charge in [0.05, 0.1) is 25.9 Å². The number of carbonyl (C=O) groups is 3. The smallest absolute Gasteiger partial charge is 0.417 e. The van der Waals surface area contributed by atoms with Gasteiger partial charge in [0.25, 0.3) is 5.91 Å². The summed E-state index contributed by atoms with van der Waals surface area (Å²) in [5, 5.41) is 10.5. The minimum Gasteiger partial charge on any atom is -0.457 e. The van der Waals surface area contributed by atoms with Crippen molar-refractivity contribution < 1.29 is 57.1 Å². The predicted molar refractivity (Wildman–Crippen MR) is 227 cm³/mol. The molecule has 2 fully saturated rings. The van der Waals surface area contributed by atoms with Gasteiger partial charge in [0, 0.05) is 32.8 Å². The number of aliphatic hydroxyl groups excluding tert-OH is 1. The normalized spacial score (nSPS) is 21.7. The van der Waals surface area contributed by atoms with Crippen molar-refractivity contribution in [3.63, 3.8) is 0 Å². The number of amides is 2. The lowest BCUT2D eigenvalue weighted by molar-refractivity contribution is -0.319. The molecule has 0 radical (unpaired) electrons. The lowest BCUT2D eigenvalue weighted by Crippen LogP contribution is -2.61. The second-order valence-electron chi connectivity index (χ2n) is 15.3. The molecule has 13 nitrogen and oxygen atoms in total. The second kappa shape index (κ2) is 21.5. The van der Waals surface area contributed by atoms with Crippen LogP contribution in [0.15, 0.2) is 126 Å². The van der Waals surface area contributed by atoms with Crippen LogP contribution in [0.4, 0.5) is 4.79 Å². The summed E-state index contributed by atoms with van der Waals surface area (Å²) in [6.07, 6.45) is -5.16. The molecule has 62 heavy (non-hydrogen) atoms. The third kappa shape index (κ3) is 10.7. The van der Waals surface area contributed by atoms with E-state index < -0.39 is 60.6 Å². The van der Waals surface area contributed by atoms with Crippen LogP contribution in [0, 0.1) is 6.92 Å². The van der Waals surface area contributed by atoms with Crippen molar-refractivity contribution >= 4 is 17.8 Å². The third-order valence-electron chi connectivity index (χ3n) is 11.0. The number of Topliss-reactive ketones (excluding diaryl/α,β-unsaturated/α-hetero) is 1. The van der Waals surface area contributed by atoms with Gasteiger partial charge >= 0.3 is 6.09 Å². The lowest BCUT2D eigenvalue weighted by atomic mass is 9.98. The summed E-state index contributed by atoms with van der Waals surface area (Å²) in [6.45, 7) is 2.35. The zero-order valence-electron chi connectivity index (χ0n) is 35.1. The average Bonchev–Trinajstić information content (AvgIpc) is 3.90. The number of nitrogens with zero attached hydrogens (tertiary/aromatic N) is 1. The lowest BCUT2D eigenvalue weighted by Gasteiger charge is -2.45. The van der Waals surface area contributed by atoms with Crippen LogP contribution in [-0.2, 0) is 64.0 Å². The molecule has 2 aliphatic heterocycles. The number of imide groups is 1. The first-order chi connectivity index (χ1) is 30.3. The Labute approximate surface area is 361 Å². The number of hydrogen-bond acceptors (Lipinski definition) is 12. The Hall–Kier alpha value is -5.51. The SMILES string of the molecule is CO[C@@H](C(=O)c1cc(-c2cccc(C)c2)c(CCCO[C@@H]2[C@@H](OC)O[C@H](CO)[C@@H](OCc3ccccc3)[C@@H]2OCc2ccccc2)o1)C(=O)N1C(=O)OC[C@@H]1Cc1ccccc1. The molecule has 2 saturated heterocycles. The van der Waals surface area contributed by atoms with Crippen LogP contribution in [0.5, 0.6) is 0 Å². The number of ketones is 1. The van der Waals surface area contributed by atoms with E-state index in [-0.39, 0.29) is 38.8 Å². The quantitative estimate of drug-likeness (QED) is 0.0493. The molecular formula is C49H53NO12. The largest absolute Gasteiger partial charge is 0.457 e. The summed E-state index contributed by atoms with van der Waals surface area (Å²) >= 11 is 0. The van der Waals surface area contributed by atoms with Crippen LogP contribution >= 0.6 is 0 Å². The molecule has 2 aliphatic rings. The molecule has 5 aromatic rings. The van der Waals surface area contributed by atoms with Gasteiger partial charge in [-0.2, -0.15) is 0 Å². The predicted octanol–water partition coefficient (Wildman–Crippen LogP) is 6.90. The van der Waals surface area contributed by atoms with Crippen molar-refractivity contribution in [2.75, 3.05) is 34.0 Å². The fourth-order valence-electron chi connectivity index (χ4n) is 7.90. The molecule has 4 aromatic carbocycles. The number of carbonyl (C=O) groups excluding carboxylic acids is 3. The fourth-order valence-corrected chi connectivity index (χ4v) is 7.90. The number of aryl methyl sites for hydroxylation is 2. The van der Waals surface area contributed by atoms with Gasteiger partial charge in [-0.3, -0.25) is 9.59 Å². The van der Waals surface area contributed by atoms with Gasteiger partial charge in [-0.25, -0.2) is 9.69 Å². The van der Waals surface area contributed by atoms with E-state index >= 15 is 0 Å². The van der Waals surface area contributed by atoms with Gasteiger partial charge in [0.2, 0.25) is 11.9 Å². The molecule has 1 aromatic heterocycles. The van der Waals surface area contributed by atoms with Gasteiger partial charge in [-0.15, -0.1) is 0 Å². The molecule has 0 spiro atoms. The zero-order chi connectivity index (χ0) is 43.4. The van der Waals surface area contributed by atoms with Crippen molar-refractivity contribution in [3.05, 3.63) is 155 Å². The van der Waals surface area contributed by atoms with Crippen LogP contribution in [0.1, 0.15) is 45.0 Å². The van der Waals surface area contributed by atoms with Gasteiger partial charge in [-0.1, -0.05) is 121 Å². The summed E-state index contributed by atoms with van der Waals surface area (Å²) in [4.78, 5) is 41.9. The Balaban J connectivity index is 1.09. The molecule has 1 N–H and O–H groups in total. The molecule has 13 heteroatoms. The first-order valence-electron chi connectivity index (χ1n) is 20.8. The van der Waals surface area contributed by atoms with Crippen LogP contribution in [0.25, 0.3) is 11.1 Å². The van der Waals surface area contributed by atoms with E-state index in [1.807, 2.05) is 122 Å². The Kier molecular flexibility index (Phi) is 15.5. The van der Waals surface area contributed by atoms with E-state index in [9.17, 15) is 19.5 Å². The highest BCUT2D eigenvalue weighted by Crippen LogP contribution is 2.33. The standard InChI is InChI=1S/C49H53NO12/c1-32-15-13-22-36(25-32)38-27-40(42(52)44(55-2)47(53)50-37(31-60-49(50)54)26-33-16-7-4-8-17-33)61-39(38)23-14-24-57-46-45(59-30-35-20-11-6-12-21-35)43(41(28-51)62-48(46)56-3)58-29-34-18-9-5-10-19-34/h4-13,15-22,25,27,37,41,43-46,48,51H,14,23-24,26,28-31H2,1-3H3/t37-,41+,43+,44-,45-,46-,48-/m0/s1. The first-order valence-corrected chi connectivity index (χ1v) is 20.8. The van der Waals surface area contributed by atoms with Crippen molar-refractivity contribution in [3.8, 4) is 11.1 Å². The average molecular weight is 848 g/mol. The minimum absolute atomic E-state index is 0.00401. The summed E-state index contributed by atoms with van der Waals surface area (Å²) in [5.41, 5.74) is 5.30. The number of aliphatic hydroxyl groups is 1. The minimum atomic E-state index is -1.66. The van der Waals surface area contributed by atoms with E-state index in [0.29, 0.717) is 30.6 Å². The third-order valence-corrected chi connectivity index (χ3v) is 11.0. The van der Waals surface area contributed by atoms with Gasteiger partial charge < -0.3 is 42.7 Å². The molecule has 0 aliphatic carbocycles. The molecule has 3 heterocycles. The number of benzene rings is 4. The van der Waals surface area contributed by atoms with Crippen molar-refractivity contribution in [1.29, 1.82) is 0 Å². The molecule has 2 amide bonds. The number of ether oxygens (including phenoxy) is 7. The molecule has 0 unspecified atom stereocenters. The van der Waals surface area contributed by atoms with E-state index in [1.165, 1.54) is 14.2 Å². The van der Waals surface area contributed by atoms with Crippen LogP contribution < -0.4 is 0 Å². The highest BCUT2D eigenvalue weighted by Gasteiger charge is 2.49. The van der Waals surface area contributed by atoms with Crippen molar-refractivity contribution in [2.45, 2.75) is 82.3 Å². The van der Waals surface area contributed by atoms with E-state index in [2.05, 4.69) is 0 Å².